The van der Waals surface area contributed by atoms with Crippen LogP contribution in [0.4, 0.5) is 18.9 Å². The molecule has 4 nitrogen and oxygen atoms in total. The van der Waals surface area contributed by atoms with Crippen LogP contribution in [0, 0.1) is 0 Å². The molecule has 0 aliphatic carbocycles. The molecule has 0 radical (unpaired) electrons. The van der Waals surface area contributed by atoms with Crippen molar-refractivity contribution in [3.05, 3.63) is 29.8 Å². The summed E-state index contributed by atoms with van der Waals surface area (Å²) in [6, 6.07) is 6.85. The van der Waals surface area contributed by atoms with Gasteiger partial charge in [0.2, 0.25) is 5.91 Å². The van der Waals surface area contributed by atoms with E-state index in [9.17, 15) is 18.0 Å². The zero-order chi connectivity index (χ0) is 14.3. The largest absolute Gasteiger partial charge is 0.411 e. The lowest BCUT2D eigenvalue weighted by Gasteiger charge is -2.11. The molecule has 0 aliphatic rings. The minimum atomic E-state index is -4.44. The van der Waals surface area contributed by atoms with Crippen LogP contribution in [0.15, 0.2) is 24.3 Å². The van der Waals surface area contributed by atoms with Crippen molar-refractivity contribution in [3.63, 3.8) is 0 Å². The molecule has 0 aliphatic heterocycles. The Kier molecular flexibility index (Phi) is 5.78. The van der Waals surface area contributed by atoms with Crippen LogP contribution in [0.25, 0.3) is 0 Å². The molecule has 1 rings (SSSR count). The second kappa shape index (κ2) is 7.10. The molecule has 7 heteroatoms. The van der Waals surface area contributed by atoms with Gasteiger partial charge in [0.15, 0.2) is 0 Å². The highest BCUT2D eigenvalue weighted by molar-refractivity contribution is 5.92. The van der Waals surface area contributed by atoms with E-state index >= 15 is 0 Å². The monoisotopic (exact) mass is 277 g/mol. The number of amides is 1. The van der Waals surface area contributed by atoms with Gasteiger partial charge < -0.3 is 14.8 Å². The fourth-order valence-corrected chi connectivity index (χ4v) is 1.37. The maximum absolute atomic E-state index is 11.8. The Morgan fingerprint density at radius 1 is 1.32 bits per heavy atom. The van der Waals surface area contributed by atoms with E-state index in [-0.39, 0.29) is 0 Å². The number of methoxy groups -OCH3 is 1. The number of carbonyl (C=O) groups excluding carboxylic acids is 1. The lowest BCUT2D eigenvalue weighted by molar-refractivity contribution is -0.174. The van der Waals surface area contributed by atoms with E-state index < -0.39 is 25.3 Å². The summed E-state index contributed by atoms with van der Waals surface area (Å²) in [6.07, 6.45) is -4.44. The molecule has 0 aromatic heterocycles. The van der Waals surface area contributed by atoms with Crippen molar-refractivity contribution >= 4 is 11.6 Å². The van der Waals surface area contributed by atoms with Crippen LogP contribution >= 0.6 is 0 Å². The van der Waals surface area contributed by atoms with E-state index in [2.05, 4.69) is 10.1 Å². The fourth-order valence-electron chi connectivity index (χ4n) is 1.37. The summed E-state index contributed by atoms with van der Waals surface area (Å²) in [7, 11) is 1.51. The van der Waals surface area contributed by atoms with Crippen molar-refractivity contribution in [2.75, 3.05) is 25.6 Å². The number of ether oxygens (including phenoxy) is 2. The highest BCUT2D eigenvalue weighted by Gasteiger charge is 2.27. The SMILES string of the molecule is COCc1ccccc1NC(=O)COCC(F)(F)F. The average molecular weight is 277 g/mol. The highest BCUT2D eigenvalue weighted by atomic mass is 19.4. The standard InChI is InChI=1S/C12H14F3NO3/c1-18-6-9-4-2-3-5-10(9)16-11(17)7-19-8-12(13,14)15/h2-5H,6-8H2,1H3,(H,16,17). The van der Waals surface area contributed by atoms with Gasteiger partial charge in [-0.05, 0) is 6.07 Å². The second-order valence-corrected chi connectivity index (χ2v) is 3.75. The molecule has 0 saturated heterocycles. The van der Waals surface area contributed by atoms with Crippen LogP contribution in [0.2, 0.25) is 0 Å². The molecule has 0 saturated carbocycles. The molecule has 0 atom stereocenters. The third-order valence-electron chi connectivity index (χ3n) is 2.09. The maximum Gasteiger partial charge on any atom is 0.411 e. The van der Waals surface area contributed by atoms with E-state index in [0.29, 0.717) is 12.3 Å². The molecule has 0 bridgehead atoms. The van der Waals surface area contributed by atoms with Gasteiger partial charge in [0, 0.05) is 18.4 Å². The van der Waals surface area contributed by atoms with Crippen LogP contribution in [0.5, 0.6) is 0 Å². The Morgan fingerprint density at radius 3 is 2.63 bits per heavy atom. The summed E-state index contributed by atoms with van der Waals surface area (Å²) in [5, 5.41) is 2.47. The molecule has 0 unspecified atom stereocenters. The van der Waals surface area contributed by atoms with Crippen molar-refractivity contribution < 1.29 is 27.4 Å². The number of hydrogen-bond donors (Lipinski definition) is 1. The predicted molar refractivity (Wildman–Crippen MR) is 62.7 cm³/mol. The quantitative estimate of drug-likeness (QED) is 0.868. The number of hydrogen-bond acceptors (Lipinski definition) is 3. The second-order valence-electron chi connectivity index (χ2n) is 3.75. The molecule has 0 heterocycles. The molecule has 1 aromatic rings. The van der Waals surface area contributed by atoms with Crippen molar-refractivity contribution in [1.29, 1.82) is 0 Å². The molecule has 1 N–H and O–H groups in total. The Hall–Kier alpha value is -1.60. The number of para-hydroxylation sites is 1. The predicted octanol–water partition coefficient (Wildman–Crippen LogP) is 2.35. The molecule has 0 spiro atoms. The molecule has 106 valence electrons. The van der Waals surface area contributed by atoms with Gasteiger partial charge in [0.25, 0.3) is 0 Å². The van der Waals surface area contributed by atoms with Crippen molar-refractivity contribution in [3.8, 4) is 0 Å². The van der Waals surface area contributed by atoms with Crippen molar-refractivity contribution in [1.82, 2.24) is 0 Å². The maximum atomic E-state index is 11.8. The Morgan fingerprint density at radius 2 is 2.00 bits per heavy atom. The van der Waals surface area contributed by atoms with Crippen molar-refractivity contribution in [2.45, 2.75) is 12.8 Å². The van der Waals surface area contributed by atoms with Gasteiger partial charge in [-0.2, -0.15) is 13.2 Å². The minimum absolute atomic E-state index is 0.292. The molecule has 0 fully saturated rings. The van der Waals surface area contributed by atoms with Crippen molar-refractivity contribution in [2.24, 2.45) is 0 Å². The summed E-state index contributed by atoms with van der Waals surface area (Å²) >= 11 is 0. The number of nitrogens with one attached hydrogen (secondary N) is 1. The first kappa shape index (κ1) is 15.5. The lowest BCUT2D eigenvalue weighted by atomic mass is 10.2. The topological polar surface area (TPSA) is 47.6 Å². The van der Waals surface area contributed by atoms with Crippen LogP contribution in [0.1, 0.15) is 5.56 Å². The third-order valence-corrected chi connectivity index (χ3v) is 2.09. The van der Waals surface area contributed by atoms with Gasteiger partial charge in [-0.3, -0.25) is 4.79 Å². The summed E-state index contributed by atoms with van der Waals surface area (Å²) in [4.78, 5) is 11.4. The Bertz CT molecular complexity index is 421. The Labute approximate surface area is 108 Å². The van der Waals surface area contributed by atoms with E-state index in [4.69, 9.17) is 4.74 Å². The molecule has 1 amide bonds. The Balaban J connectivity index is 2.48. The first-order valence-electron chi connectivity index (χ1n) is 5.43. The highest BCUT2D eigenvalue weighted by Crippen LogP contribution is 2.16. The molecular formula is C12H14F3NO3. The van der Waals surface area contributed by atoms with Gasteiger partial charge in [-0.25, -0.2) is 0 Å². The molecule has 1 aromatic carbocycles. The summed E-state index contributed by atoms with van der Waals surface area (Å²) in [5.41, 5.74) is 1.22. The van der Waals surface area contributed by atoms with Gasteiger partial charge in [-0.1, -0.05) is 18.2 Å². The average Bonchev–Trinajstić information content (AvgIpc) is 2.30. The van der Waals surface area contributed by atoms with Gasteiger partial charge in [0.05, 0.1) is 6.61 Å². The first-order chi connectivity index (χ1) is 8.92. The summed E-state index contributed by atoms with van der Waals surface area (Å²) in [6.45, 7) is -1.80. The summed E-state index contributed by atoms with van der Waals surface area (Å²) < 4.78 is 44.7. The summed E-state index contributed by atoms with van der Waals surface area (Å²) in [5.74, 6) is -0.646. The normalized spacial score (nSPS) is 11.4. The van der Waals surface area contributed by atoms with E-state index in [1.54, 1.807) is 24.3 Å². The van der Waals surface area contributed by atoms with E-state index in [1.807, 2.05) is 0 Å². The van der Waals surface area contributed by atoms with E-state index in [1.165, 1.54) is 7.11 Å². The number of benzene rings is 1. The first-order valence-corrected chi connectivity index (χ1v) is 5.43. The van der Waals surface area contributed by atoms with Crippen LogP contribution in [-0.4, -0.2) is 32.4 Å². The molecular weight excluding hydrogens is 263 g/mol. The zero-order valence-corrected chi connectivity index (χ0v) is 10.3. The number of alkyl halides is 3. The van der Waals surface area contributed by atoms with Crippen LogP contribution in [-0.2, 0) is 20.9 Å². The van der Waals surface area contributed by atoms with Crippen LogP contribution in [0.3, 0.4) is 0 Å². The third kappa shape index (κ3) is 6.21. The van der Waals surface area contributed by atoms with Gasteiger partial charge in [-0.15, -0.1) is 0 Å². The lowest BCUT2D eigenvalue weighted by Crippen LogP contribution is -2.24. The van der Waals surface area contributed by atoms with Gasteiger partial charge in [0.1, 0.15) is 13.2 Å². The molecule has 19 heavy (non-hydrogen) atoms. The smallest absolute Gasteiger partial charge is 0.380 e. The number of carbonyl (C=O) groups is 1. The minimum Gasteiger partial charge on any atom is -0.380 e. The number of rotatable bonds is 6. The van der Waals surface area contributed by atoms with Crippen LogP contribution < -0.4 is 5.32 Å². The zero-order valence-electron chi connectivity index (χ0n) is 10.3. The number of halogens is 3. The van der Waals surface area contributed by atoms with Gasteiger partial charge >= 0.3 is 6.18 Å². The number of anilines is 1. The van der Waals surface area contributed by atoms with E-state index in [0.717, 1.165) is 5.56 Å². The fraction of sp³-hybridized carbons (Fsp3) is 0.417.